The fourth-order valence-electron chi connectivity index (χ4n) is 1.35. The Morgan fingerprint density at radius 2 is 1.28 bits per heavy atom. The van der Waals surface area contributed by atoms with Crippen molar-refractivity contribution in [3.8, 4) is 0 Å². The average Bonchev–Trinajstić information content (AvgIpc) is 2.45. The van der Waals surface area contributed by atoms with Gasteiger partial charge in [-0.15, -0.1) is 0 Å². The van der Waals surface area contributed by atoms with Crippen LogP contribution in [0.5, 0.6) is 0 Å². The molecule has 1 aromatic carbocycles. The van der Waals surface area contributed by atoms with Gasteiger partial charge in [0, 0.05) is 0 Å². The van der Waals surface area contributed by atoms with E-state index in [1.165, 1.54) is 0 Å². The largest absolute Gasteiger partial charge is 0.454 e. The third kappa shape index (κ3) is 22.5. The van der Waals surface area contributed by atoms with Crippen LogP contribution in [-0.2, 0) is 23.1 Å². The highest BCUT2D eigenvalue weighted by molar-refractivity contribution is 7.51. The van der Waals surface area contributed by atoms with Crippen LogP contribution >= 0.6 is 0 Å². The lowest BCUT2D eigenvalue weighted by molar-refractivity contribution is -0.898. The smallest absolute Gasteiger partial charge is 0.382 e. The number of benzene rings is 1. The minimum absolute atomic E-state index is 0.192. The van der Waals surface area contributed by atoms with Crippen molar-refractivity contribution in [1.29, 1.82) is 0 Å². The van der Waals surface area contributed by atoms with Gasteiger partial charge in [0.1, 0.15) is 12.1 Å². The first-order valence-corrected chi connectivity index (χ1v) is 7.82. The third-order valence-electron chi connectivity index (χ3n) is 2.82. The predicted octanol–water partition coefficient (Wildman–Crippen LogP) is 0.939. The van der Waals surface area contributed by atoms with Gasteiger partial charge in [-0.3, -0.25) is 0 Å². The summed E-state index contributed by atoms with van der Waals surface area (Å²) in [6.45, 7) is 2.07. The van der Waals surface area contributed by atoms with Crippen molar-refractivity contribution in [2.75, 3.05) is 21.1 Å². The van der Waals surface area contributed by atoms with Crippen molar-refractivity contribution in [3.05, 3.63) is 35.9 Å². The molecule has 0 aromatic heterocycles. The Morgan fingerprint density at radius 3 is 1.52 bits per heavy atom. The van der Waals surface area contributed by atoms with Crippen molar-refractivity contribution < 1.29 is 39.6 Å². The minimum atomic E-state index is -4.50. The summed E-state index contributed by atoms with van der Waals surface area (Å²) in [6.07, 6.45) is -4.89. The van der Waals surface area contributed by atoms with Crippen LogP contribution in [0, 0.1) is 0 Å². The van der Waals surface area contributed by atoms with Gasteiger partial charge in [-0.25, -0.2) is 5.73 Å². The van der Waals surface area contributed by atoms with Crippen LogP contribution in [0.15, 0.2) is 30.3 Å². The van der Waals surface area contributed by atoms with Crippen LogP contribution in [-0.4, -0.2) is 59.9 Å². The first-order chi connectivity index (χ1) is 11.3. The first kappa shape index (κ1) is 28.3. The molecule has 0 heterocycles. The molecular formula is C13H22F3N2O5S2+. The second kappa shape index (κ2) is 14.8. The van der Waals surface area contributed by atoms with Crippen molar-refractivity contribution in [2.24, 2.45) is 5.73 Å². The van der Waals surface area contributed by atoms with E-state index in [0.717, 1.165) is 10.0 Å². The predicted molar refractivity (Wildman–Crippen MR) is 87.0 cm³/mol. The Hall–Kier alpha value is -1.47. The molecule has 7 nitrogen and oxygen atoms in total. The minimum Gasteiger partial charge on any atom is -0.382 e. The molecule has 0 unspecified atom stereocenters. The molecule has 2 atom stereocenters. The topological polar surface area (TPSA) is 115 Å². The molecule has 0 aliphatic heterocycles. The molecule has 0 radical (unpaired) electrons. The zero-order valence-corrected chi connectivity index (χ0v) is 15.7. The molecule has 0 saturated heterocycles. The van der Waals surface area contributed by atoms with Gasteiger partial charge in [0.15, 0.2) is 0 Å². The zero-order chi connectivity index (χ0) is 20.7. The molecule has 0 spiro atoms. The number of nitrogens with two attached hydrogens (primary N) is 1. The summed E-state index contributed by atoms with van der Waals surface area (Å²) in [5, 5.41) is 10.1. The van der Waals surface area contributed by atoms with Gasteiger partial charge in [-0.2, -0.15) is 30.0 Å². The Morgan fingerprint density at radius 1 is 1.00 bits per heavy atom. The van der Waals surface area contributed by atoms with E-state index in [1.807, 2.05) is 30.3 Å². The summed E-state index contributed by atoms with van der Waals surface area (Å²) < 4.78 is 64.3. The summed E-state index contributed by atoms with van der Waals surface area (Å²) in [7, 11) is 6.28. The van der Waals surface area contributed by atoms with Gasteiger partial charge < -0.3 is 9.59 Å². The maximum absolute atomic E-state index is 10.1. The fraction of sp³-hybridized carbons (Fsp3) is 0.538. The average molecular weight is 407 g/mol. The lowest BCUT2D eigenvalue weighted by Gasteiger charge is -2.34. The second-order valence-electron chi connectivity index (χ2n) is 5.39. The third-order valence-corrected chi connectivity index (χ3v) is 2.82. The number of quaternary nitrogens is 1. The highest BCUT2D eigenvalue weighted by atomic mass is 32.1. The lowest BCUT2D eigenvalue weighted by atomic mass is 10.0. The Balaban J connectivity index is -0.000000364. The van der Waals surface area contributed by atoms with Gasteiger partial charge in [0.25, 0.3) is 0 Å². The maximum Gasteiger partial charge on any atom is 0.454 e. The number of nitrogens with zero attached hydrogens (tertiary/aromatic N) is 1. The van der Waals surface area contributed by atoms with E-state index in [9.17, 15) is 18.3 Å². The number of halogens is 3. The first-order valence-electron chi connectivity index (χ1n) is 6.49. The Bertz CT molecular complexity index is 509. The highest BCUT2D eigenvalue weighted by Crippen LogP contribution is 2.21. The van der Waals surface area contributed by atoms with Crippen molar-refractivity contribution in [1.82, 2.24) is 0 Å². The number of alkyl halides is 3. The number of rotatable bonds is 3. The van der Waals surface area contributed by atoms with E-state index in [4.69, 9.17) is 16.8 Å². The van der Waals surface area contributed by atoms with Crippen LogP contribution < -0.4 is 5.73 Å². The number of aliphatic hydroxyl groups excluding tert-OH is 1. The van der Waals surface area contributed by atoms with E-state index < -0.39 is 35.5 Å². The van der Waals surface area contributed by atoms with E-state index in [-0.39, 0.29) is 6.04 Å². The summed E-state index contributed by atoms with van der Waals surface area (Å²) in [6, 6.07) is 10.0. The molecule has 12 heteroatoms. The van der Waals surface area contributed by atoms with Crippen molar-refractivity contribution in [3.63, 3.8) is 0 Å². The molecule has 1 rings (SSSR count). The van der Waals surface area contributed by atoms with Gasteiger partial charge in [-0.05, 0) is 12.5 Å². The molecular weight excluding hydrogens is 385 g/mol. The quantitative estimate of drug-likeness (QED) is 0.569. The molecule has 25 heavy (non-hydrogen) atoms. The zero-order valence-electron chi connectivity index (χ0n) is 14.1. The van der Waals surface area contributed by atoms with E-state index in [1.54, 1.807) is 0 Å². The molecule has 1 aromatic rings. The number of aliphatic hydroxyl groups is 1. The standard InChI is InChI=1S/C12H20NO.CH2F3N.2O2S/c1-10(13(2,3)4)12(14)11-8-6-5-7-9-11;2-1(3,4)5;2*1-3-2/h5-10,12,14H,1-4H3;5H2;;/q+1;;;/t10-,12-;;;/m0.../s1. The Labute approximate surface area is 151 Å². The monoisotopic (exact) mass is 407 g/mol. The molecule has 0 bridgehead atoms. The SMILES string of the molecule is C[C@@H]([C@H](O)c1ccccc1)[N+](C)(C)C.NC(F)(F)F.O=S=O.O=S=O. The van der Waals surface area contributed by atoms with Crippen molar-refractivity contribution in [2.45, 2.75) is 25.4 Å². The molecule has 0 fully saturated rings. The summed E-state index contributed by atoms with van der Waals surface area (Å²) in [4.78, 5) is 0. The van der Waals surface area contributed by atoms with E-state index in [2.05, 4.69) is 33.8 Å². The van der Waals surface area contributed by atoms with Gasteiger partial charge in [-0.1, -0.05) is 30.3 Å². The van der Waals surface area contributed by atoms with Crippen LogP contribution in [0.4, 0.5) is 13.2 Å². The second-order valence-corrected chi connectivity index (χ2v) is 5.66. The highest BCUT2D eigenvalue weighted by Gasteiger charge is 2.27. The number of likely N-dealkylation sites (N-methyl/N-ethyl adjacent to an activating group) is 1. The lowest BCUT2D eigenvalue weighted by Crippen LogP contribution is -2.46. The summed E-state index contributed by atoms with van der Waals surface area (Å²) in [5.74, 6) is 0. The number of hydrogen-bond acceptors (Lipinski definition) is 6. The maximum atomic E-state index is 10.1. The molecule has 0 aliphatic rings. The van der Waals surface area contributed by atoms with Gasteiger partial charge >= 0.3 is 29.4 Å². The normalized spacial score (nSPS) is 12.5. The van der Waals surface area contributed by atoms with Crippen LogP contribution in [0.1, 0.15) is 18.6 Å². The summed E-state index contributed by atoms with van der Waals surface area (Å²) >= 11 is -1.50. The molecule has 0 aliphatic carbocycles. The fourth-order valence-corrected chi connectivity index (χ4v) is 1.35. The van der Waals surface area contributed by atoms with Crippen LogP contribution in [0.25, 0.3) is 0 Å². The van der Waals surface area contributed by atoms with E-state index in [0.29, 0.717) is 0 Å². The molecule has 0 amide bonds. The van der Waals surface area contributed by atoms with E-state index >= 15 is 0 Å². The summed E-state index contributed by atoms with van der Waals surface area (Å²) in [5.41, 5.74) is 4.35. The molecule has 0 saturated carbocycles. The Kier molecular flexibility index (Phi) is 16.8. The van der Waals surface area contributed by atoms with Crippen LogP contribution in [0.2, 0.25) is 0 Å². The van der Waals surface area contributed by atoms with Gasteiger partial charge in [0.2, 0.25) is 0 Å². The number of hydrogen-bond donors (Lipinski definition) is 2. The van der Waals surface area contributed by atoms with Gasteiger partial charge in [0.05, 0.1) is 21.1 Å². The van der Waals surface area contributed by atoms with Crippen LogP contribution in [0.3, 0.4) is 0 Å². The van der Waals surface area contributed by atoms with Crippen molar-refractivity contribution >= 4 is 23.1 Å². The molecule has 3 N–H and O–H groups in total. The molecule has 146 valence electrons.